The number of aromatic nitrogens is 1. The summed E-state index contributed by atoms with van der Waals surface area (Å²) < 4.78 is 5.49. The van der Waals surface area contributed by atoms with E-state index >= 15 is 0 Å². The SMILES string of the molecule is CC(S)C(=O)O.Clc1cccc(-c2ocnc2-c2ccccc2)c1. The van der Waals surface area contributed by atoms with Gasteiger partial charge in [0.2, 0.25) is 0 Å². The van der Waals surface area contributed by atoms with Crippen molar-refractivity contribution in [3.8, 4) is 22.6 Å². The zero-order valence-electron chi connectivity index (χ0n) is 12.9. The number of rotatable bonds is 3. The van der Waals surface area contributed by atoms with Crippen LogP contribution in [0.4, 0.5) is 0 Å². The van der Waals surface area contributed by atoms with E-state index in [4.69, 9.17) is 21.1 Å². The smallest absolute Gasteiger partial charge is 0.316 e. The lowest BCUT2D eigenvalue weighted by Crippen LogP contribution is -2.06. The summed E-state index contributed by atoms with van der Waals surface area (Å²) in [5, 5.41) is 8.06. The number of halogens is 1. The fraction of sp³-hybridized carbons (Fsp3) is 0.111. The first kappa shape index (κ1) is 18.1. The van der Waals surface area contributed by atoms with Gasteiger partial charge < -0.3 is 9.52 Å². The molecule has 4 nitrogen and oxygen atoms in total. The number of carbonyl (C=O) groups is 1. The van der Waals surface area contributed by atoms with E-state index in [0.717, 1.165) is 22.6 Å². The molecule has 2 aromatic carbocycles. The minimum Gasteiger partial charge on any atom is -0.480 e. The predicted octanol–water partition coefficient (Wildman–Crippen LogP) is 5.05. The molecular weight excluding hydrogens is 346 g/mol. The van der Waals surface area contributed by atoms with Gasteiger partial charge in [-0.15, -0.1) is 0 Å². The molecule has 0 fully saturated rings. The fourth-order valence-corrected chi connectivity index (χ4v) is 2.07. The van der Waals surface area contributed by atoms with Crippen molar-refractivity contribution in [1.29, 1.82) is 0 Å². The van der Waals surface area contributed by atoms with Gasteiger partial charge >= 0.3 is 5.97 Å². The lowest BCUT2D eigenvalue weighted by molar-refractivity contribution is -0.136. The van der Waals surface area contributed by atoms with Gasteiger partial charge in [-0.25, -0.2) is 4.98 Å². The van der Waals surface area contributed by atoms with Gasteiger partial charge in [-0.05, 0) is 19.1 Å². The number of benzene rings is 2. The van der Waals surface area contributed by atoms with Gasteiger partial charge in [0.05, 0.1) is 5.25 Å². The second-order valence-corrected chi connectivity index (χ2v) is 6.13. The highest BCUT2D eigenvalue weighted by Crippen LogP contribution is 2.31. The molecule has 24 heavy (non-hydrogen) atoms. The van der Waals surface area contributed by atoms with Crippen molar-refractivity contribution in [3.05, 3.63) is 66.0 Å². The second-order valence-electron chi connectivity index (χ2n) is 4.92. The highest BCUT2D eigenvalue weighted by molar-refractivity contribution is 7.81. The van der Waals surface area contributed by atoms with E-state index in [0.29, 0.717) is 5.02 Å². The van der Waals surface area contributed by atoms with Gasteiger partial charge in [-0.1, -0.05) is 54.1 Å². The Labute approximate surface area is 150 Å². The van der Waals surface area contributed by atoms with Crippen molar-refractivity contribution >= 4 is 30.2 Å². The largest absolute Gasteiger partial charge is 0.480 e. The number of hydrogen-bond donors (Lipinski definition) is 2. The summed E-state index contributed by atoms with van der Waals surface area (Å²) >= 11 is 9.59. The Morgan fingerprint density at radius 1 is 1.17 bits per heavy atom. The van der Waals surface area contributed by atoms with Crippen LogP contribution in [0.3, 0.4) is 0 Å². The summed E-state index contributed by atoms with van der Waals surface area (Å²) in [5.41, 5.74) is 2.79. The van der Waals surface area contributed by atoms with Crippen LogP contribution < -0.4 is 0 Å². The minimum atomic E-state index is -0.877. The lowest BCUT2D eigenvalue weighted by Gasteiger charge is -2.01. The molecule has 0 bridgehead atoms. The Hall–Kier alpha value is -2.24. The van der Waals surface area contributed by atoms with Crippen LogP contribution in [0, 0.1) is 0 Å². The Morgan fingerprint density at radius 2 is 1.79 bits per heavy atom. The maximum absolute atomic E-state index is 9.62. The molecule has 6 heteroatoms. The molecule has 1 unspecified atom stereocenters. The third-order valence-electron chi connectivity index (χ3n) is 3.06. The monoisotopic (exact) mass is 361 g/mol. The minimum absolute atomic E-state index is 0.537. The Balaban J connectivity index is 0.000000301. The summed E-state index contributed by atoms with van der Waals surface area (Å²) in [7, 11) is 0. The molecule has 0 spiro atoms. The maximum atomic E-state index is 9.62. The zero-order valence-corrected chi connectivity index (χ0v) is 14.5. The van der Waals surface area contributed by atoms with Crippen LogP contribution in [0.25, 0.3) is 22.6 Å². The highest BCUT2D eigenvalue weighted by Gasteiger charge is 2.12. The van der Waals surface area contributed by atoms with E-state index in [9.17, 15) is 4.79 Å². The molecule has 1 N–H and O–H groups in total. The molecule has 0 saturated heterocycles. The normalized spacial score (nSPS) is 11.3. The molecule has 124 valence electrons. The molecule has 1 heterocycles. The first-order valence-electron chi connectivity index (χ1n) is 7.14. The number of aliphatic carboxylic acids is 1. The third-order valence-corrected chi connectivity index (χ3v) is 3.51. The molecule has 1 aromatic heterocycles. The van der Waals surface area contributed by atoms with Crippen molar-refractivity contribution in [1.82, 2.24) is 4.98 Å². The molecule has 0 aliphatic carbocycles. The Morgan fingerprint density at radius 3 is 2.38 bits per heavy atom. The first-order chi connectivity index (χ1) is 11.5. The summed E-state index contributed by atoms with van der Waals surface area (Å²) in [6.45, 7) is 1.51. The summed E-state index contributed by atoms with van der Waals surface area (Å²) in [4.78, 5) is 13.9. The predicted molar refractivity (Wildman–Crippen MR) is 98.5 cm³/mol. The van der Waals surface area contributed by atoms with Crippen molar-refractivity contribution in [3.63, 3.8) is 0 Å². The van der Waals surface area contributed by atoms with Crippen LogP contribution in [-0.4, -0.2) is 21.3 Å². The molecule has 3 aromatic rings. The molecule has 0 aliphatic heterocycles. The van der Waals surface area contributed by atoms with Gasteiger partial charge in [-0.3, -0.25) is 4.79 Å². The van der Waals surface area contributed by atoms with Crippen molar-refractivity contribution in [2.45, 2.75) is 12.2 Å². The van der Waals surface area contributed by atoms with E-state index in [1.54, 1.807) is 0 Å². The van der Waals surface area contributed by atoms with Crippen LogP contribution in [0.1, 0.15) is 6.92 Å². The van der Waals surface area contributed by atoms with Crippen LogP contribution >= 0.6 is 24.2 Å². The summed E-state index contributed by atoms with van der Waals surface area (Å²) in [6, 6.07) is 17.5. The zero-order chi connectivity index (χ0) is 17.5. The number of oxazole rings is 1. The van der Waals surface area contributed by atoms with Gasteiger partial charge in [0.15, 0.2) is 12.2 Å². The summed E-state index contributed by atoms with van der Waals surface area (Å²) in [5.74, 6) is -0.137. The van der Waals surface area contributed by atoms with E-state index in [1.807, 2.05) is 54.6 Å². The molecule has 0 aliphatic rings. The average Bonchev–Trinajstić information content (AvgIpc) is 3.06. The van der Waals surface area contributed by atoms with Gasteiger partial charge in [0.1, 0.15) is 5.69 Å². The molecular formula is C18H16ClNO3S. The topological polar surface area (TPSA) is 63.3 Å². The van der Waals surface area contributed by atoms with Crippen LogP contribution in [0.5, 0.6) is 0 Å². The van der Waals surface area contributed by atoms with Crippen LogP contribution in [0.2, 0.25) is 5.02 Å². The number of hydrogen-bond acceptors (Lipinski definition) is 4. The summed E-state index contributed by atoms with van der Waals surface area (Å²) in [6.07, 6.45) is 1.46. The van der Waals surface area contributed by atoms with Crippen molar-refractivity contribution in [2.24, 2.45) is 0 Å². The fourth-order valence-electron chi connectivity index (χ4n) is 1.88. The molecule has 0 saturated carbocycles. The van der Waals surface area contributed by atoms with Gasteiger partial charge in [0, 0.05) is 16.1 Å². The Kier molecular flexibility index (Phi) is 6.46. The number of nitrogens with zero attached hydrogens (tertiary/aromatic N) is 1. The first-order valence-corrected chi connectivity index (χ1v) is 8.04. The van der Waals surface area contributed by atoms with E-state index in [2.05, 4.69) is 17.6 Å². The van der Waals surface area contributed by atoms with Gasteiger partial charge in [-0.2, -0.15) is 12.6 Å². The molecule has 1 atom stereocenters. The van der Waals surface area contributed by atoms with Crippen LogP contribution in [0.15, 0.2) is 65.4 Å². The maximum Gasteiger partial charge on any atom is 0.316 e. The standard InChI is InChI=1S/C15H10ClNO.C3H6O2S/c16-13-8-4-7-12(9-13)15-14(17-10-18-15)11-5-2-1-3-6-11;1-2(6)3(4)5/h1-10H;2,6H,1H3,(H,4,5). The van der Waals surface area contributed by atoms with Gasteiger partial charge in [0.25, 0.3) is 0 Å². The highest BCUT2D eigenvalue weighted by atomic mass is 35.5. The molecule has 0 amide bonds. The lowest BCUT2D eigenvalue weighted by atomic mass is 10.1. The number of carboxylic acid groups (broad SMARTS) is 1. The number of carboxylic acids is 1. The molecule has 3 rings (SSSR count). The van der Waals surface area contributed by atoms with Crippen molar-refractivity contribution in [2.75, 3.05) is 0 Å². The average molecular weight is 362 g/mol. The van der Waals surface area contributed by atoms with E-state index in [1.165, 1.54) is 13.3 Å². The number of thiol groups is 1. The Bertz CT molecular complexity index is 803. The van der Waals surface area contributed by atoms with Crippen molar-refractivity contribution < 1.29 is 14.3 Å². The van der Waals surface area contributed by atoms with E-state index < -0.39 is 11.2 Å². The van der Waals surface area contributed by atoms with E-state index in [-0.39, 0.29) is 0 Å². The third kappa shape index (κ3) is 4.88. The quantitative estimate of drug-likeness (QED) is 0.640. The van der Waals surface area contributed by atoms with Crippen LogP contribution in [-0.2, 0) is 4.79 Å². The second kappa shape index (κ2) is 8.57. The molecule has 0 radical (unpaired) electrons.